The molecule has 0 fully saturated rings. The second-order valence-corrected chi connectivity index (χ2v) is 7.50. The Morgan fingerprint density at radius 2 is 1.91 bits per heavy atom. The fraction of sp³-hybridized carbons (Fsp3) is 0.200. The SMILES string of the molecule is CCOc1ccccc1Oc1nccc(-c2cn(CC(N)=O)nc2-c2cc(C)cc(OC)c2)n1. The van der Waals surface area contributed by atoms with Crippen molar-refractivity contribution in [2.45, 2.75) is 20.4 Å². The maximum atomic E-state index is 11.5. The van der Waals surface area contributed by atoms with E-state index in [0.29, 0.717) is 40.8 Å². The molecule has 2 N–H and O–H groups in total. The molecule has 0 radical (unpaired) electrons. The van der Waals surface area contributed by atoms with E-state index in [4.69, 9.17) is 19.9 Å². The Kier molecular flexibility index (Phi) is 6.72. The fourth-order valence-electron chi connectivity index (χ4n) is 3.51. The quantitative estimate of drug-likeness (QED) is 0.402. The molecular weight excluding hydrogens is 434 g/mol. The standard InChI is InChI=1S/C25H25N5O4/c1-4-33-21-7-5-6-8-22(21)34-25-27-10-9-20(28-25)19-14-30(15-23(26)31)29-24(19)17-11-16(2)12-18(13-17)32-3/h5-14H,4,15H2,1-3H3,(H2,26,31). The highest BCUT2D eigenvalue weighted by atomic mass is 16.5. The fourth-order valence-corrected chi connectivity index (χ4v) is 3.51. The molecule has 2 aromatic carbocycles. The van der Waals surface area contributed by atoms with E-state index in [-0.39, 0.29) is 12.6 Å². The summed E-state index contributed by atoms with van der Waals surface area (Å²) in [5.74, 6) is 1.31. The molecule has 0 spiro atoms. The summed E-state index contributed by atoms with van der Waals surface area (Å²) in [4.78, 5) is 20.4. The molecule has 0 saturated heterocycles. The van der Waals surface area contributed by atoms with Crippen LogP contribution in [0.25, 0.3) is 22.5 Å². The van der Waals surface area contributed by atoms with Gasteiger partial charge in [0.2, 0.25) is 5.91 Å². The van der Waals surface area contributed by atoms with E-state index in [1.54, 1.807) is 31.6 Å². The molecule has 0 saturated carbocycles. The first-order valence-corrected chi connectivity index (χ1v) is 10.7. The number of benzene rings is 2. The smallest absolute Gasteiger partial charge is 0.322 e. The number of rotatable bonds is 9. The molecule has 9 nitrogen and oxygen atoms in total. The Morgan fingerprint density at radius 3 is 2.65 bits per heavy atom. The van der Waals surface area contributed by atoms with Crippen LogP contribution in [0.1, 0.15) is 12.5 Å². The van der Waals surface area contributed by atoms with Gasteiger partial charge < -0.3 is 19.9 Å². The van der Waals surface area contributed by atoms with E-state index in [2.05, 4.69) is 15.1 Å². The first-order chi connectivity index (χ1) is 16.5. The lowest BCUT2D eigenvalue weighted by atomic mass is 10.0. The van der Waals surface area contributed by atoms with E-state index >= 15 is 0 Å². The molecule has 0 aliphatic carbocycles. The van der Waals surface area contributed by atoms with Crippen LogP contribution in [0.3, 0.4) is 0 Å². The van der Waals surface area contributed by atoms with Crippen LogP contribution < -0.4 is 19.9 Å². The number of para-hydroxylation sites is 2. The van der Waals surface area contributed by atoms with Crippen LogP contribution in [0.15, 0.2) is 60.9 Å². The highest BCUT2D eigenvalue weighted by Gasteiger charge is 2.18. The monoisotopic (exact) mass is 459 g/mol. The van der Waals surface area contributed by atoms with Crippen molar-refractivity contribution in [2.75, 3.05) is 13.7 Å². The number of hydrogen-bond donors (Lipinski definition) is 1. The number of primary amides is 1. The number of carbonyl (C=O) groups excluding carboxylic acids is 1. The number of nitrogens with two attached hydrogens (primary N) is 1. The average Bonchev–Trinajstić information content (AvgIpc) is 3.23. The van der Waals surface area contributed by atoms with Gasteiger partial charge in [-0.1, -0.05) is 12.1 Å². The van der Waals surface area contributed by atoms with Crippen molar-refractivity contribution in [2.24, 2.45) is 5.73 Å². The molecule has 0 bridgehead atoms. The largest absolute Gasteiger partial charge is 0.497 e. The molecule has 4 rings (SSSR count). The third-order valence-corrected chi connectivity index (χ3v) is 4.90. The number of aromatic nitrogens is 4. The molecule has 0 unspecified atom stereocenters. The van der Waals surface area contributed by atoms with Crippen molar-refractivity contribution < 1.29 is 19.0 Å². The summed E-state index contributed by atoms with van der Waals surface area (Å²) in [5, 5.41) is 4.60. The summed E-state index contributed by atoms with van der Waals surface area (Å²) in [6.07, 6.45) is 3.34. The van der Waals surface area contributed by atoms with Gasteiger partial charge in [-0.2, -0.15) is 10.1 Å². The van der Waals surface area contributed by atoms with E-state index in [0.717, 1.165) is 11.1 Å². The van der Waals surface area contributed by atoms with Crippen LogP contribution in [0, 0.1) is 6.92 Å². The van der Waals surface area contributed by atoms with Crippen LogP contribution in [-0.4, -0.2) is 39.4 Å². The predicted octanol–water partition coefficient (Wildman–Crippen LogP) is 4.00. The summed E-state index contributed by atoms with van der Waals surface area (Å²) in [6, 6.07) is 15.0. The van der Waals surface area contributed by atoms with Crippen molar-refractivity contribution in [1.29, 1.82) is 0 Å². The van der Waals surface area contributed by atoms with Gasteiger partial charge in [0.1, 0.15) is 18.0 Å². The number of ether oxygens (including phenoxy) is 3. The average molecular weight is 460 g/mol. The van der Waals surface area contributed by atoms with Crippen LogP contribution in [0.5, 0.6) is 23.3 Å². The Labute approximate surface area is 197 Å². The zero-order valence-electron chi connectivity index (χ0n) is 19.2. The highest BCUT2D eigenvalue weighted by molar-refractivity contribution is 5.80. The molecule has 34 heavy (non-hydrogen) atoms. The summed E-state index contributed by atoms with van der Waals surface area (Å²) in [6.45, 7) is 4.31. The Morgan fingerprint density at radius 1 is 1.12 bits per heavy atom. The molecule has 0 aliphatic rings. The highest BCUT2D eigenvalue weighted by Crippen LogP contribution is 2.34. The molecule has 4 aromatic rings. The lowest BCUT2D eigenvalue weighted by Crippen LogP contribution is -2.18. The minimum absolute atomic E-state index is 0.0634. The molecule has 2 aromatic heterocycles. The van der Waals surface area contributed by atoms with Crippen molar-refractivity contribution in [3.8, 4) is 45.8 Å². The molecular formula is C25H25N5O4. The number of methoxy groups -OCH3 is 1. The van der Waals surface area contributed by atoms with E-state index in [1.807, 2.05) is 50.2 Å². The molecule has 0 aliphatic heterocycles. The van der Waals surface area contributed by atoms with Crippen LogP contribution >= 0.6 is 0 Å². The maximum Gasteiger partial charge on any atom is 0.322 e. The number of carbonyl (C=O) groups is 1. The van der Waals surface area contributed by atoms with Gasteiger partial charge >= 0.3 is 6.01 Å². The summed E-state index contributed by atoms with van der Waals surface area (Å²) >= 11 is 0. The molecule has 2 heterocycles. The topological polar surface area (TPSA) is 114 Å². The van der Waals surface area contributed by atoms with Crippen molar-refractivity contribution in [1.82, 2.24) is 19.7 Å². The second-order valence-electron chi connectivity index (χ2n) is 7.50. The minimum Gasteiger partial charge on any atom is -0.497 e. The molecule has 9 heteroatoms. The number of hydrogen-bond acceptors (Lipinski definition) is 7. The van der Waals surface area contributed by atoms with Crippen LogP contribution in [0.2, 0.25) is 0 Å². The first-order valence-electron chi connectivity index (χ1n) is 10.7. The van der Waals surface area contributed by atoms with Crippen LogP contribution in [-0.2, 0) is 11.3 Å². The Balaban J connectivity index is 1.77. The third-order valence-electron chi connectivity index (χ3n) is 4.90. The van der Waals surface area contributed by atoms with Gasteiger partial charge in [-0.3, -0.25) is 9.48 Å². The molecule has 1 amide bonds. The Bertz CT molecular complexity index is 1320. The van der Waals surface area contributed by atoms with Gasteiger partial charge in [0.25, 0.3) is 0 Å². The van der Waals surface area contributed by atoms with E-state index in [9.17, 15) is 4.79 Å². The predicted molar refractivity (Wildman–Crippen MR) is 127 cm³/mol. The normalized spacial score (nSPS) is 10.7. The molecule has 0 atom stereocenters. The Hall–Kier alpha value is -4.40. The minimum atomic E-state index is -0.498. The maximum absolute atomic E-state index is 11.5. The van der Waals surface area contributed by atoms with Crippen molar-refractivity contribution in [3.63, 3.8) is 0 Å². The van der Waals surface area contributed by atoms with Gasteiger partial charge in [0, 0.05) is 23.5 Å². The number of aryl methyl sites for hydroxylation is 1. The van der Waals surface area contributed by atoms with Crippen molar-refractivity contribution in [3.05, 3.63) is 66.5 Å². The van der Waals surface area contributed by atoms with Crippen molar-refractivity contribution >= 4 is 5.91 Å². The lowest BCUT2D eigenvalue weighted by Gasteiger charge is -2.10. The number of amides is 1. The second kappa shape index (κ2) is 10.0. The summed E-state index contributed by atoms with van der Waals surface area (Å²) in [5.41, 5.74) is 9.12. The van der Waals surface area contributed by atoms with Gasteiger partial charge in [-0.15, -0.1) is 0 Å². The van der Waals surface area contributed by atoms with E-state index < -0.39 is 5.91 Å². The van der Waals surface area contributed by atoms with Crippen LogP contribution in [0.4, 0.5) is 0 Å². The first kappa shape index (κ1) is 22.8. The van der Waals surface area contributed by atoms with Gasteiger partial charge in [0.05, 0.1) is 19.4 Å². The number of nitrogens with zero attached hydrogens (tertiary/aromatic N) is 4. The third kappa shape index (κ3) is 5.15. The lowest BCUT2D eigenvalue weighted by molar-refractivity contribution is -0.118. The summed E-state index contributed by atoms with van der Waals surface area (Å²) < 4.78 is 18.5. The zero-order chi connectivity index (χ0) is 24.1. The van der Waals surface area contributed by atoms with E-state index in [1.165, 1.54) is 4.68 Å². The summed E-state index contributed by atoms with van der Waals surface area (Å²) in [7, 11) is 1.61. The van der Waals surface area contributed by atoms with Gasteiger partial charge in [0.15, 0.2) is 11.5 Å². The molecule has 174 valence electrons. The van der Waals surface area contributed by atoms with Gasteiger partial charge in [-0.05, 0) is 55.8 Å². The van der Waals surface area contributed by atoms with Gasteiger partial charge in [-0.25, -0.2) is 4.98 Å². The zero-order valence-corrected chi connectivity index (χ0v) is 19.2.